The van der Waals surface area contributed by atoms with E-state index in [4.69, 9.17) is 11.6 Å². The summed E-state index contributed by atoms with van der Waals surface area (Å²) in [5.41, 5.74) is 2.10. The lowest BCUT2D eigenvalue weighted by atomic mass is 10.2. The molecule has 0 spiro atoms. The first kappa shape index (κ1) is 14.1. The number of alkyl halides is 1. The van der Waals surface area contributed by atoms with Crippen molar-refractivity contribution < 1.29 is 0 Å². The zero-order valence-electron chi connectivity index (χ0n) is 12.3. The Morgan fingerprint density at radius 3 is 2.50 bits per heavy atom. The van der Waals surface area contributed by atoms with Crippen LogP contribution in [0, 0.1) is 0 Å². The van der Waals surface area contributed by atoms with Crippen LogP contribution in [0.15, 0.2) is 6.20 Å². The Labute approximate surface area is 126 Å². The zero-order valence-corrected chi connectivity index (χ0v) is 13.1. The van der Waals surface area contributed by atoms with Crippen molar-refractivity contribution in [2.75, 3.05) is 31.1 Å². The van der Waals surface area contributed by atoms with Crippen molar-refractivity contribution >= 4 is 17.3 Å². The highest BCUT2D eigenvalue weighted by Crippen LogP contribution is 2.29. The van der Waals surface area contributed by atoms with E-state index in [0.29, 0.717) is 11.8 Å². The number of hydrogen-bond donors (Lipinski definition) is 0. The predicted molar refractivity (Wildman–Crippen MR) is 82.5 cm³/mol. The Hall–Kier alpha value is -0.870. The molecule has 1 saturated heterocycles. The summed E-state index contributed by atoms with van der Waals surface area (Å²) in [5.74, 6) is 1.69. The van der Waals surface area contributed by atoms with Gasteiger partial charge in [-0.3, -0.25) is 4.90 Å². The molecule has 1 aliphatic carbocycles. The number of nitrogens with zero attached hydrogens (tertiary/aromatic N) is 4. The van der Waals surface area contributed by atoms with Crippen LogP contribution in [0.4, 0.5) is 5.69 Å². The molecule has 2 heterocycles. The Bertz CT molecular complexity index is 465. The van der Waals surface area contributed by atoms with Crippen molar-refractivity contribution in [3.05, 3.63) is 17.7 Å². The van der Waals surface area contributed by atoms with Crippen LogP contribution in [0.2, 0.25) is 0 Å². The van der Waals surface area contributed by atoms with Gasteiger partial charge in [-0.15, -0.1) is 11.6 Å². The summed E-state index contributed by atoms with van der Waals surface area (Å²) in [4.78, 5) is 14.1. The molecule has 0 aromatic carbocycles. The van der Waals surface area contributed by atoms with Gasteiger partial charge in [0.2, 0.25) is 0 Å². The maximum Gasteiger partial charge on any atom is 0.131 e. The number of hydrogen-bond acceptors (Lipinski definition) is 4. The van der Waals surface area contributed by atoms with Crippen LogP contribution in [0.3, 0.4) is 0 Å². The minimum atomic E-state index is 0.345. The Morgan fingerprint density at radius 1 is 1.25 bits per heavy atom. The van der Waals surface area contributed by atoms with E-state index in [1.165, 1.54) is 12.8 Å². The van der Waals surface area contributed by atoms with E-state index in [9.17, 15) is 0 Å². The molecule has 4 nitrogen and oxygen atoms in total. The molecule has 3 rings (SSSR count). The zero-order chi connectivity index (χ0) is 14.1. The molecule has 2 fully saturated rings. The second kappa shape index (κ2) is 5.86. The van der Waals surface area contributed by atoms with Crippen LogP contribution in [0.5, 0.6) is 0 Å². The molecular formula is C15H23ClN4. The molecule has 0 bridgehead atoms. The van der Waals surface area contributed by atoms with E-state index in [0.717, 1.165) is 49.4 Å². The monoisotopic (exact) mass is 294 g/mol. The van der Waals surface area contributed by atoms with Crippen LogP contribution in [-0.4, -0.2) is 47.1 Å². The molecule has 110 valence electrons. The van der Waals surface area contributed by atoms with Gasteiger partial charge in [0.15, 0.2) is 0 Å². The first-order chi connectivity index (χ1) is 9.69. The highest BCUT2D eigenvalue weighted by atomic mass is 35.5. The minimum absolute atomic E-state index is 0.345. The Morgan fingerprint density at radius 2 is 1.95 bits per heavy atom. The number of halogens is 1. The second-order valence-electron chi connectivity index (χ2n) is 6.10. The molecular weight excluding hydrogens is 272 g/mol. The van der Waals surface area contributed by atoms with Gasteiger partial charge in [0.05, 0.1) is 23.5 Å². The summed E-state index contributed by atoms with van der Waals surface area (Å²) in [6.07, 6.45) is 4.74. The summed E-state index contributed by atoms with van der Waals surface area (Å²) in [7, 11) is 0. The van der Waals surface area contributed by atoms with Gasteiger partial charge in [-0.05, 0) is 12.8 Å². The van der Waals surface area contributed by atoms with Crippen molar-refractivity contribution in [1.82, 2.24) is 14.9 Å². The number of anilines is 1. The average molecular weight is 295 g/mol. The molecule has 0 radical (unpaired) electrons. The number of aromatic nitrogens is 2. The lowest BCUT2D eigenvalue weighted by molar-refractivity contribution is 0.248. The maximum absolute atomic E-state index is 6.09. The Kier molecular flexibility index (Phi) is 4.13. The van der Waals surface area contributed by atoms with E-state index in [1.54, 1.807) is 0 Å². The number of piperazine rings is 1. The molecule has 1 aromatic rings. The quantitative estimate of drug-likeness (QED) is 0.799. The van der Waals surface area contributed by atoms with Crippen LogP contribution >= 0.6 is 11.6 Å². The van der Waals surface area contributed by atoms with E-state index >= 15 is 0 Å². The van der Waals surface area contributed by atoms with E-state index < -0.39 is 0 Å². The van der Waals surface area contributed by atoms with Crippen molar-refractivity contribution in [1.29, 1.82) is 0 Å². The molecule has 0 amide bonds. The third kappa shape index (κ3) is 2.91. The fraction of sp³-hybridized carbons (Fsp3) is 0.733. The van der Waals surface area contributed by atoms with Gasteiger partial charge in [0.1, 0.15) is 5.82 Å². The molecule has 2 aliphatic rings. The first-order valence-electron chi connectivity index (χ1n) is 7.60. The van der Waals surface area contributed by atoms with Gasteiger partial charge >= 0.3 is 0 Å². The molecule has 5 heteroatoms. The van der Waals surface area contributed by atoms with Gasteiger partial charge in [-0.25, -0.2) is 9.97 Å². The summed E-state index contributed by atoms with van der Waals surface area (Å²) < 4.78 is 0. The Balaban J connectivity index is 1.73. The average Bonchev–Trinajstić information content (AvgIpc) is 3.31. The van der Waals surface area contributed by atoms with E-state index in [1.807, 2.05) is 6.20 Å². The second-order valence-corrected chi connectivity index (χ2v) is 6.37. The molecule has 0 N–H and O–H groups in total. The molecule has 0 unspecified atom stereocenters. The molecule has 1 saturated carbocycles. The highest BCUT2D eigenvalue weighted by Gasteiger charge is 2.31. The third-order valence-electron chi connectivity index (χ3n) is 4.23. The molecule has 1 aromatic heterocycles. The van der Waals surface area contributed by atoms with Gasteiger partial charge in [-0.1, -0.05) is 13.8 Å². The highest BCUT2D eigenvalue weighted by molar-refractivity contribution is 6.17. The fourth-order valence-corrected chi connectivity index (χ4v) is 3.03. The summed E-state index contributed by atoms with van der Waals surface area (Å²) >= 11 is 6.09. The molecule has 1 aliphatic heterocycles. The van der Waals surface area contributed by atoms with E-state index in [-0.39, 0.29) is 0 Å². The van der Waals surface area contributed by atoms with Crippen molar-refractivity contribution in [2.45, 2.75) is 44.5 Å². The smallest absolute Gasteiger partial charge is 0.131 e. The lowest BCUT2D eigenvalue weighted by Gasteiger charge is -2.36. The van der Waals surface area contributed by atoms with Crippen molar-refractivity contribution in [3.8, 4) is 0 Å². The summed E-state index contributed by atoms with van der Waals surface area (Å²) in [6.45, 7) is 8.65. The van der Waals surface area contributed by atoms with Crippen LogP contribution in [0.1, 0.15) is 44.1 Å². The van der Waals surface area contributed by atoms with E-state index in [2.05, 4.69) is 33.6 Å². The standard InChI is InChI=1S/C15H23ClN4/c1-11(2)15-17-10-14(13(9-16)18-15)20-7-5-19(6-8-20)12-3-4-12/h10-12H,3-9H2,1-2H3. The third-order valence-corrected chi connectivity index (χ3v) is 4.48. The molecule has 0 atom stereocenters. The normalized spacial score (nSPS) is 20.7. The SMILES string of the molecule is CC(C)c1ncc(N2CCN(C3CC3)CC2)c(CCl)n1. The largest absolute Gasteiger partial charge is 0.366 e. The maximum atomic E-state index is 6.09. The van der Waals surface area contributed by atoms with Crippen molar-refractivity contribution in [3.63, 3.8) is 0 Å². The fourth-order valence-electron chi connectivity index (χ4n) is 2.83. The predicted octanol–water partition coefficient (Wildman–Crippen LogP) is 2.62. The van der Waals surface area contributed by atoms with Gasteiger partial charge in [0, 0.05) is 38.1 Å². The van der Waals surface area contributed by atoms with Crippen molar-refractivity contribution in [2.24, 2.45) is 0 Å². The van der Waals surface area contributed by atoms with Gasteiger partial charge < -0.3 is 4.90 Å². The summed E-state index contributed by atoms with van der Waals surface area (Å²) in [5, 5.41) is 0. The lowest BCUT2D eigenvalue weighted by Crippen LogP contribution is -2.47. The van der Waals surface area contributed by atoms with Gasteiger partial charge in [-0.2, -0.15) is 0 Å². The first-order valence-corrected chi connectivity index (χ1v) is 8.13. The van der Waals surface area contributed by atoms with Crippen LogP contribution in [-0.2, 0) is 5.88 Å². The summed E-state index contributed by atoms with van der Waals surface area (Å²) in [6, 6.07) is 0.865. The topological polar surface area (TPSA) is 32.3 Å². The van der Waals surface area contributed by atoms with Crippen LogP contribution in [0.25, 0.3) is 0 Å². The minimum Gasteiger partial charge on any atom is -0.366 e. The molecule has 20 heavy (non-hydrogen) atoms. The number of rotatable bonds is 4. The van der Waals surface area contributed by atoms with Gasteiger partial charge in [0.25, 0.3) is 0 Å². The van der Waals surface area contributed by atoms with Crippen LogP contribution < -0.4 is 4.90 Å².